The quantitative estimate of drug-likeness (QED) is 0.610. The Bertz CT molecular complexity index is 924. The number of hydrogen-bond donors (Lipinski definition) is 1. The Morgan fingerprint density at radius 1 is 1.15 bits per heavy atom. The molecule has 0 saturated carbocycles. The molecule has 1 amide bonds. The highest BCUT2D eigenvalue weighted by molar-refractivity contribution is 5.97. The minimum absolute atomic E-state index is 0.0740. The Labute approximate surface area is 155 Å². The summed E-state index contributed by atoms with van der Waals surface area (Å²) in [4.78, 5) is 27.8. The molecule has 8 heteroatoms. The monoisotopic (exact) mass is 366 g/mol. The molecular weight excluding hydrogens is 348 g/mol. The van der Waals surface area contributed by atoms with Gasteiger partial charge in [-0.2, -0.15) is 0 Å². The smallest absolute Gasteiger partial charge is 0.247 e. The van der Waals surface area contributed by atoms with Crippen molar-refractivity contribution in [3.8, 4) is 17.2 Å². The largest absolute Gasteiger partial charge is 0.497 e. The van der Waals surface area contributed by atoms with Crippen LogP contribution >= 0.6 is 0 Å². The van der Waals surface area contributed by atoms with Gasteiger partial charge in [-0.1, -0.05) is 6.07 Å². The van der Waals surface area contributed by atoms with Gasteiger partial charge in [-0.25, -0.2) is 0 Å². The molecule has 3 rings (SSSR count). The molecule has 1 N–H and O–H groups in total. The number of carbonyl (C=O) groups is 2. The minimum atomic E-state index is -0.270. The van der Waals surface area contributed by atoms with Crippen LogP contribution in [0.5, 0.6) is 5.75 Å². The molecule has 1 aromatic carbocycles. The highest BCUT2D eigenvalue weighted by Crippen LogP contribution is 2.22. The molecular formula is C19H18N4O4. The van der Waals surface area contributed by atoms with E-state index in [1.807, 2.05) is 18.2 Å². The standard InChI is InChI=1S/C19H18N4O4/c1-26-15-6-2-4-13(10-15)19-23-22-18(27-19)12-21-17(25)8-7-16(24)14-5-3-9-20-11-14/h2-6,9-11H,7-8,12H2,1H3,(H,21,25). The first-order valence-electron chi connectivity index (χ1n) is 8.32. The molecule has 27 heavy (non-hydrogen) atoms. The van der Waals surface area contributed by atoms with Crippen molar-refractivity contribution in [3.63, 3.8) is 0 Å². The van der Waals surface area contributed by atoms with E-state index >= 15 is 0 Å². The van der Waals surface area contributed by atoms with Crippen molar-refractivity contribution in [2.45, 2.75) is 19.4 Å². The van der Waals surface area contributed by atoms with Gasteiger partial charge in [-0.05, 0) is 30.3 Å². The molecule has 2 heterocycles. The Hall–Kier alpha value is -3.55. The van der Waals surface area contributed by atoms with Crippen molar-refractivity contribution in [2.75, 3.05) is 7.11 Å². The second-order valence-electron chi connectivity index (χ2n) is 5.67. The van der Waals surface area contributed by atoms with Gasteiger partial charge in [0.25, 0.3) is 0 Å². The van der Waals surface area contributed by atoms with Gasteiger partial charge in [0.2, 0.25) is 17.7 Å². The molecule has 0 aliphatic carbocycles. The van der Waals surface area contributed by atoms with Crippen molar-refractivity contribution in [1.29, 1.82) is 0 Å². The van der Waals surface area contributed by atoms with Crippen LogP contribution in [0.3, 0.4) is 0 Å². The number of amides is 1. The molecule has 2 aromatic heterocycles. The van der Waals surface area contributed by atoms with E-state index in [9.17, 15) is 9.59 Å². The first kappa shape index (κ1) is 18.2. The number of benzene rings is 1. The SMILES string of the molecule is COc1cccc(-c2nnc(CNC(=O)CCC(=O)c3cccnc3)o2)c1. The van der Waals surface area contributed by atoms with Gasteiger partial charge in [0.15, 0.2) is 5.78 Å². The van der Waals surface area contributed by atoms with E-state index in [2.05, 4.69) is 20.5 Å². The number of carbonyl (C=O) groups excluding carboxylic acids is 2. The van der Waals surface area contributed by atoms with E-state index in [1.165, 1.54) is 6.20 Å². The fourth-order valence-electron chi connectivity index (χ4n) is 2.36. The number of ether oxygens (including phenoxy) is 1. The highest BCUT2D eigenvalue weighted by Gasteiger charge is 2.12. The average Bonchev–Trinajstić information content (AvgIpc) is 3.20. The molecule has 0 unspecified atom stereocenters. The molecule has 8 nitrogen and oxygen atoms in total. The van der Waals surface area contributed by atoms with Crippen molar-refractivity contribution in [1.82, 2.24) is 20.5 Å². The van der Waals surface area contributed by atoms with Crippen molar-refractivity contribution < 1.29 is 18.7 Å². The fourth-order valence-corrected chi connectivity index (χ4v) is 2.36. The van der Waals surface area contributed by atoms with Gasteiger partial charge >= 0.3 is 0 Å². The van der Waals surface area contributed by atoms with Gasteiger partial charge < -0.3 is 14.5 Å². The van der Waals surface area contributed by atoms with Crippen LogP contribution in [0.1, 0.15) is 29.1 Å². The van der Waals surface area contributed by atoms with Crippen LogP contribution in [-0.2, 0) is 11.3 Å². The molecule has 0 aliphatic rings. The zero-order valence-electron chi connectivity index (χ0n) is 14.7. The van der Waals surface area contributed by atoms with Gasteiger partial charge in [-0.15, -0.1) is 10.2 Å². The lowest BCUT2D eigenvalue weighted by Gasteiger charge is -2.02. The molecule has 0 radical (unpaired) electrons. The molecule has 3 aromatic rings. The van der Waals surface area contributed by atoms with Crippen LogP contribution in [0, 0.1) is 0 Å². The summed E-state index contributed by atoms with van der Waals surface area (Å²) in [7, 11) is 1.58. The summed E-state index contributed by atoms with van der Waals surface area (Å²) in [6, 6.07) is 10.6. The lowest BCUT2D eigenvalue weighted by Crippen LogP contribution is -2.23. The van der Waals surface area contributed by atoms with E-state index in [1.54, 1.807) is 31.5 Å². The fraction of sp³-hybridized carbons (Fsp3) is 0.211. The van der Waals surface area contributed by atoms with Gasteiger partial charge in [0.1, 0.15) is 5.75 Å². The van der Waals surface area contributed by atoms with Crippen molar-refractivity contribution in [3.05, 3.63) is 60.2 Å². The Morgan fingerprint density at radius 2 is 2.04 bits per heavy atom. The number of rotatable bonds is 8. The number of hydrogen-bond acceptors (Lipinski definition) is 7. The van der Waals surface area contributed by atoms with Gasteiger partial charge in [0, 0.05) is 36.4 Å². The maximum absolute atomic E-state index is 12.0. The summed E-state index contributed by atoms with van der Waals surface area (Å²) in [6.07, 6.45) is 3.26. The number of Topliss-reactive ketones (excluding diaryl/α,β-unsaturated/α-hetero) is 1. The van der Waals surface area contributed by atoms with Crippen LogP contribution < -0.4 is 10.1 Å². The topological polar surface area (TPSA) is 107 Å². The lowest BCUT2D eigenvalue weighted by atomic mass is 10.1. The van der Waals surface area contributed by atoms with E-state index in [-0.39, 0.29) is 37.0 Å². The first-order valence-corrected chi connectivity index (χ1v) is 8.32. The van der Waals surface area contributed by atoms with Crippen molar-refractivity contribution in [2.24, 2.45) is 0 Å². The van der Waals surface area contributed by atoms with E-state index in [0.717, 1.165) is 5.56 Å². The zero-order valence-corrected chi connectivity index (χ0v) is 14.7. The highest BCUT2D eigenvalue weighted by atomic mass is 16.5. The number of ketones is 1. The van der Waals surface area contributed by atoms with Gasteiger partial charge in [-0.3, -0.25) is 14.6 Å². The minimum Gasteiger partial charge on any atom is -0.497 e. The first-order chi connectivity index (χ1) is 13.2. The molecule has 0 fully saturated rings. The molecule has 0 spiro atoms. The Kier molecular flexibility index (Phi) is 5.88. The third-order valence-corrected chi connectivity index (χ3v) is 3.78. The Morgan fingerprint density at radius 3 is 2.81 bits per heavy atom. The molecule has 0 bridgehead atoms. The molecule has 0 atom stereocenters. The second-order valence-corrected chi connectivity index (χ2v) is 5.67. The molecule has 0 saturated heterocycles. The Balaban J connectivity index is 1.49. The summed E-state index contributed by atoms with van der Waals surface area (Å²) in [6.45, 7) is 0.0941. The number of nitrogens with one attached hydrogen (secondary N) is 1. The normalized spacial score (nSPS) is 10.4. The van der Waals surface area contributed by atoms with E-state index in [4.69, 9.17) is 9.15 Å². The summed E-state index contributed by atoms with van der Waals surface area (Å²) in [5.41, 5.74) is 1.21. The summed E-state index contributed by atoms with van der Waals surface area (Å²) in [5, 5.41) is 10.5. The van der Waals surface area contributed by atoms with Gasteiger partial charge in [0.05, 0.1) is 13.7 Å². The predicted molar refractivity (Wildman–Crippen MR) is 95.9 cm³/mol. The number of nitrogens with zero attached hydrogens (tertiary/aromatic N) is 3. The third kappa shape index (κ3) is 4.97. The maximum Gasteiger partial charge on any atom is 0.247 e. The van der Waals surface area contributed by atoms with Crippen LogP contribution in [0.25, 0.3) is 11.5 Å². The lowest BCUT2D eigenvalue weighted by molar-refractivity contribution is -0.121. The summed E-state index contributed by atoms with van der Waals surface area (Å²) >= 11 is 0. The number of aromatic nitrogens is 3. The van der Waals surface area contributed by atoms with Crippen molar-refractivity contribution >= 4 is 11.7 Å². The predicted octanol–water partition coefficient (Wildman–Crippen LogP) is 2.42. The van der Waals surface area contributed by atoms with Crippen LogP contribution in [-0.4, -0.2) is 34.0 Å². The van der Waals surface area contributed by atoms with Crippen LogP contribution in [0.15, 0.2) is 53.2 Å². The second kappa shape index (κ2) is 8.70. The summed E-state index contributed by atoms with van der Waals surface area (Å²) in [5.74, 6) is 0.896. The maximum atomic E-state index is 12.0. The van der Waals surface area contributed by atoms with E-state index < -0.39 is 0 Å². The molecule has 0 aliphatic heterocycles. The molecule has 138 valence electrons. The van der Waals surface area contributed by atoms with Crippen LogP contribution in [0.4, 0.5) is 0 Å². The zero-order chi connectivity index (χ0) is 19.1. The average molecular weight is 366 g/mol. The third-order valence-electron chi connectivity index (χ3n) is 3.78. The van der Waals surface area contributed by atoms with Crippen LogP contribution in [0.2, 0.25) is 0 Å². The van der Waals surface area contributed by atoms with E-state index in [0.29, 0.717) is 17.2 Å². The number of pyridine rings is 1. The summed E-state index contributed by atoms with van der Waals surface area (Å²) < 4.78 is 10.7. The number of methoxy groups -OCH3 is 1.